The van der Waals surface area contributed by atoms with Crippen LogP contribution in [0.1, 0.15) is 46.0 Å². The van der Waals surface area contributed by atoms with Crippen LogP contribution in [0.25, 0.3) is 0 Å². The molecule has 2 unspecified atom stereocenters. The Morgan fingerprint density at radius 1 is 1.35 bits per heavy atom. The van der Waals surface area contributed by atoms with Crippen molar-refractivity contribution in [3.8, 4) is 0 Å². The summed E-state index contributed by atoms with van der Waals surface area (Å²) in [5.41, 5.74) is 6.78. The number of hydrogen-bond donors (Lipinski definition) is 2. The third-order valence-electron chi connectivity index (χ3n) is 5.13. The third-order valence-corrected chi connectivity index (χ3v) is 5.13. The van der Waals surface area contributed by atoms with E-state index in [0.717, 1.165) is 13.1 Å². The van der Waals surface area contributed by atoms with Crippen molar-refractivity contribution < 1.29 is 5.11 Å². The largest absolute Gasteiger partial charge is 0.395 e. The lowest BCUT2D eigenvalue weighted by Crippen LogP contribution is -2.54. The van der Waals surface area contributed by atoms with Crippen LogP contribution >= 0.6 is 0 Å². The molecule has 100 valence electrons. The average Bonchev–Trinajstić information content (AvgIpc) is 3.16. The van der Waals surface area contributed by atoms with Gasteiger partial charge in [0, 0.05) is 12.1 Å². The Bertz CT molecular complexity index is 245. The molecule has 1 aliphatic carbocycles. The number of nitrogens with two attached hydrogens (primary N) is 1. The van der Waals surface area contributed by atoms with Crippen LogP contribution < -0.4 is 5.73 Å². The molecule has 1 saturated heterocycles. The predicted octanol–water partition coefficient (Wildman–Crippen LogP) is 1.60. The van der Waals surface area contributed by atoms with Crippen molar-refractivity contribution >= 4 is 0 Å². The lowest BCUT2D eigenvalue weighted by atomic mass is 9.77. The van der Waals surface area contributed by atoms with Crippen LogP contribution in [0.3, 0.4) is 0 Å². The van der Waals surface area contributed by atoms with Gasteiger partial charge in [-0.3, -0.25) is 4.90 Å². The van der Waals surface area contributed by atoms with Crippen LogP contribution in [-0.2, 0) is 0 Å². The highest BCUT2D eigenvalue weighted by atomic mass is 16.3. The van der Waals surface area contributed by atoms with Gasteiger partial charge in [0.25, 0.3) is 0 Å². The molecular weight excluding hydrogens is 212 g/mol. The van der Waals surface area contributed by atoms with E-state index in [1.165, 1.54) is 32.1 Å². The molecule has 0 spiro atoms. The summed E-state index contributed by atoms with van der Waals surface area (Å²) >= 11 is 0. The topological polar surface area (TPSA) is 49.5 Å². The molecule has 1 heterocycles. The van der Waals surface area contributed by atoms with Crippen molar-refractivity contribution in [1.82, 2.24) is 4.90 Å². The number of rotatable bonds is 5. The molecule has 0 amide bonds. The van der Waals surface area contributed by atoms with Gasteiger partial charge in [-0.1, -0.05) is 20.3 Å². The monoisotopic (exact) mass is 240 g/mol. The van der Waals surface area contributed by atoms with Crippen molar-refractivity contribution in [1.29, 1.82) is 0 Å². The van der Waals surface area contributed by atoms with Crippen molar-refractivity contribution in [2.45, 2.75) is 58.0 Å². The Balaban J connectivity index is 1.89. The van der Waals surface area contributed by atoms with Gasteiger partial charge in [0.15, 0.2) is 0 Å². The van der Waals surface area contributed by atoms with E-state index in [1.807, 2.05) is 0 Å². The second-order valence-corrected chi connectivity index (χ2v) is 6.36. The van der Waals surface area contributed by atoms with Crippen LogP contribution in [0.2, 0.25) is 0 Å². The van der Waals surface area contributed by atoms with Gasteiger partial charge in [-0.2, -0.15) is 0 Å². The summed E-state index contributed by atoms with van der Waals surface area (Å²) in [6.45, 7) is 7.11. The number of aliphatic hydroxyl groups is 1. The van der Waals surface area contributed by atoms with E-state index in [4.69, 9.17) is 5.73 Å². The summed E-state index contributed by atoms with van der Waals surface area (Å²) in [6, 6.07) is 0.384. The maximum atomic E-state index is 9.59. The lowest BCUT2D eigenvalue weighted by Gasteiger charge is -2.43. The molecule has 2 aliphatic rings. The van der Waals surface area contributed by atoms with Gasteiger partial charge in [0.1, 0.15) is 0 Å². The number of nitrogens with zero attached hydrogens (tertiary/aromatic N) is 1. The molecule has 1 saturated carbocycles. The van der Waals surface area contributed by atoms with E-state index < -0.39 is 0 Å². The fourth-order valence-electron chi connectivity index (χ4n) is 3.02. The summed E-state index contributed by atoms with van der Waals surface area (Å²) in [4.78, 5) is 2.43. The average molecular weight is 240 g/mol. The van der Waals surface area contributed by atoms with Crippen molar-refractivity contribution in [2.24, 2.45) is 17.1 Å². The Morgan fingerprint density at radius 2 is 1.94 bits per heavy atom. The molecule has 17 heavy (non-hydrogen) atoms. The zero-order valence-electron chi connectivity index (χ0n) is 11.4. The molecule has 0 aromatic carbocycles. The van der Waals surface area contributed by atoms with E-state index >= 15 is 0 Å². The Hall–Kier alpha value is -0.120. The molecule has 0 aromatic heterocycles. The summed E-state index contributed by atoms with van der Waals surface area (Å²) in [5, 5.41) is 9.59. The fourth-order valence-corrected chi connectivity index (χ4v) is 3.02. The van der Waals surface area contributed by atoms with Crippen molar-refractivity contribution in [3.63, 3.8) is 0 Å². The number of aliphatic hydroxyl groups excluding tert-OH is 1. The maximum Gasteiger partial charge on any atom is 0.0602 e. The van der Waals surface area contributed by atoms with Crippen LogP contribution in [0.4, 0.5) is 0 Å². The minimum Gasteiger partial charge on any atom is -0.395 e. The molecule has 0 radical (unpaired) electrons. The second-order valence-electron chi connectivity index (χ2n) is 6.36. The summed E-state index contributed by atoms with van der Waals surface area (Å²) in [5.74, 6) is 0.673. The van der Waals surface area contributed by atoms with E-state index in [0.29, 0.717) is 11.3 Å². The number of piperidine rings is 1. The minimum absolute atomic E-state index is 0.186. The summed E-state index contributed by atoms with van der Waals surface area (Å²) in [7, 11) is 0. The van der Waals surface area contributed by atoms with E-state index in [2.05, 4.69) is 18.7 Å². The molecule has 3 nitrogen and oxygen atoms in total. The minimum atomic E-state index is 0.186. The van der Waals surface area contributed by atoms with Crippen LogP contribution in [0, 0.1) is 11.3 Å². The molecule has 3 heteroatoms. The van der Waals surface area contributed by atoms with E-state index in [9.17, 15) is 5.11 Å². The SMILES string of the molecule is CCC1(C)CCN(C(CO)C(N)C2CC2)CC1. The zero-order chi connectivity index (χ0) is 12.5. The van der Waals surface area contributed by atoms with Gasteiger partial charge < -0.3 is 10.8 Å². The highest BCUT2D eigenvalue weighted by molar-refractivity contribution is 4.95. The van der Waals surface area contributed by atoms with E-state index in [1.54, 1.807) is 0 Å². The van der Waals surface area contributed by atoms with Gasteiger partial charge in [-0.25, -0.2) is 0 Å². The van der Waals surface area contributed by atoms with Crippen LogP contribution in [0.15, 0.2) is 0 Å². The molecule has 1 aliphatic heterocycles. The van der Waals surface area contributed by atoms with Crippen LogP contribution in [-0.4, -0.2) is 41.8 Å². The van der Waals surface area contributed by atoms with Gasteiger partial charge in [-0.15, -0.1) is 0 Å². The molecule has 2 fully saturated rings. The standard InChI is InChI=1S/C14H28N2O/c1-3-14(2)6-8-16(9-7-14)12(10-17)13(15)11-4-5-11/h11-13,17H,3-10,15H2,1-2H3. The first kappa shape index (κ1) is 13.3. The second kappa shape index (κ2) is 5.25. The molecule has 3 N–H and O–H groups in total. The molecule has 2 rings (SSSR count). The first-order valence-corrected chi connectivity index (χ1v) is 7.20. The zero-order valence-corrected chi connectivity index (χ0v) is 11.4. The first-order valence-electron chi connectivity index (χ1n) is 7.20. The van der Waals surface area contributed by atoms with Gasteiger partial charge in [0.05, 0.1) is 6.61 Å². The van der Waals surface area contributed by atoms with Gasteiger partial charge in [-0.05, 0) is 50.1 Å². The highest BCUT2D eigenvalue weighted by Gasteiger charge is 2.38. The van der Waals surface area contributed by atoms with E-state index in [-0.39, 0.29) is 18.7 Å². The Labute approximate surface area is 105 Å². The Kier molecular flexibility index (Phi) is 4.11. The summed E-state index contributed by atoms with van der Waals surface area (Å²) in [6.07, 6.45) is 6.28. The van der Waals surface area contributed by atoms with Crippen molar-refractivity contribution in [3.05, 3.63) is 0 Å². The maximum absolute atomic E-state index is 9.59. The third kappa shape index (κ3) is 3.01. The molecule has 2 atom stereocenters. The van der Waals surface area contributed by atoms with Gasteiger partial charge >= 0.3 is 0 Å². The molecular formula is C14H28N2O. The Morgan fingerprint density at radius 3 is 2.35 bits per heavy atom. The first-order chi connectivity index (χ1) is 8.09. The fraction of sp³-hybridized carbons (Fsp3) is 1.00. The number of hydrogen-bond acceptors (Lipinski definition) is 3. The molecule has 0 bridgehead atoms. The quantitative estimate of drug-likeness (QED) is 0.767. The number of likely N-dealkylation sites (tertiary alicyclic amines) is 1. The van der Waals surface area contributed by atoms with Crippen molar-refractivity contribution in [2.75, 3.05) is 19.7 Å². The lowest BCUT2D eigenvalue weighted by molar-refractivity contribution is 0.0394. The normalized spacial score (nSPS) is 28.9. The smallest absolute Gasteiger partial charge is 0.0602 e. The van der Waals surface area contributed by atoms with Crippen LogP contribution in [0.5, 0.6) is 0 Å². The summed E-state index contributed by atoms with van der Waals surface area (Å²) < 4.78 is 0. The predicted molar refractivity (Wildman–Crippen MR) is 70.8 cm³/mol. The molecule has 0 aromatic rings. The highest BCUT2D eigenvalue weighted by Crippen LogP contribution is 2.37. The van der Waals surface area contributed by atoms with Gasteiger partial charge in [0.2, 0.25) is 0 Å².